The summed E-state index contributed by atoms with van der Waals surface area (Å²) in [6, 6.07) is 0.608. The zero-order chi connectivity index (χ0) is 7.56. The molecule has 3 heteroatoms. The maximum absolute atomic E-state index is 5.63. The van der Waals surface area contributed by atoms with Crippen molar-refractivity contribution in [2.75, 3.05) is 27.2 Å². The summed E-state index contributed by atoms with van der Waals surface area (Å²) in [5, 5.41) is 0. The Labute approximate surface area is 64.6 Å². The Morgan fingerprint density at radius 2 is 1.90 bits per heavy atom. The summed E-state index contributed by atoms with van der Waals surface area (Å²) in [4.78, 5) is 4.19. The highest BCUT2D eigenvalue weighted by molar-refractivity contribution is 6.04. The highest BCUT2D eigenvalue weighted by Crippen LogP contribution is 2.11. The highest BCUT2D eigenvalue weighted by atomic mass is 15.1. The van der Waals surface area contributed by atoms with Crippen LogP contribution in [-0.2, 0) is 0 Å². The summed E-state index contributed by atoms with van der Waals surface area (Å²) in [6.45, 7) is 2.37. The Morgan fingerprint density at radius 1 is 1.40 bits per heavy atom. The minimum Gasteiger partial charge on any atom is -0.353 e. The van der Waals surface area contributed by atoms with Gasteiger partial charge in [-0.25, -0.2) is 0 Å². The van der Waals surface area contributed by atoms with Crippen LogP contribution in [0.2, 0.25) is 0 Å². The van der Waals surface area contributed by atoms with Crippen molar-refractivity contribution in [3.63, 3.8) is 0 Å². The van der Waals surface area contributed by atoms with E-state index in [2.05, 4.69) is 11.9 Å². The predicted molar refractivity (Wildman–Crippen MR) is 44.0 cm³/mol. The zero-order valence-electron chi connectivity index (χ0n) is 6.88. The summed E-state index contributed by atoms with van der Waals surface area (Å²) in [5.41, 5.74) is 0. The Balaban J connectivity index is 2.26. The van der Waals surface area contributed by atoms with Gasteiger partial charge in [0.2, 0.25) is 0 Å². The smallest absolute Gasteiger partial charge is 0.182 e. The number of hydrogen-bond acceptors (Lipinski definition) is 2. The first-order valence-corrected chi connectivity index (χ1v) is 3.86. The molecule has 0 amide bonds. The molecule has 1 heterocycles. The van der Waals surface area contributed by atoms with E-state index in [4.69, 9.17) is 7.98 Å². The van der Waals surface area contributed by atoms with E-state index in [1.807, 2.05) is 11.9 Å². The summed E-state index contributed by atoms with van der Waals surface area (Å²) in [6.07, 6.45) is 2.42. The van der Waals surface area contributed by atoms with E-state index in [0.717, 1.165) is 0 Å². The molecule has 1 saturated heterocycles. The fraction of sp³-hybridized carbons (Fsp3) is 1.00. The molecule has 2 radical (unpaired) electrons. The second-order valence-electron chi connectivity index (χ2n) is 3.20. The molecule has 0 bridgehead atoms. The molecule has 1 aliphatic heterocycles. The Hall–Kier alpha value is -0.0151. The van der Waals surface area contributed by atoms with E-state index in [9.17, 15) is 0 Å². The van der Waals surface area contributed by atoms with Crippen molar-refractivity contribution in [3.05, 3.63) is 0 Å². The predicted octanol–water partition coefficient (Wildman–Crippen LogP) is 0.0959. The van der Waals surface area contributed by atoms with Crippen molar-refractivity contribution in [3.8, 4) is 0 Å². The molecule has 1 rings (SSSR count). The third-order valence-corrected chi connectivity index (χ3v) is 2.26. The average molecular weight is 138 g/mol. The highest BCUT2D eigenvalue weighted by Gasteiger charge is 2.16. The summed E-state index contributed by atoms with van der Waals surface area (Å²) >= 11 is 0. The van der Waals surface area contributed by atoms with Gasteiger partial charge in [0, 0.05) is 6.04 Å². The van der Waals surface area contributed by atoms with E-state index >= 15 is 0 Å². The van der Waals surface area contributed by atoms with Gasteiger partial charge in [-0.1, -0.05) is 0 Å². The van der Waals surface area contributed by atoms with Crippen molar-refractivity contribution in [1.82, 2.24) is 9.71 Å². The topological polar surface area (TPSA) is 6.48 Å². The first-order chi connectivity index (χ1) is 4.70. The van der Waals surface area contributed by atoms with E-state index in [1.54, 1.807) is 0 Å². The van der Waals surface area contributed by atoms with Crippen LogP contribution >= 0.6 is 0 Å². The molecular formula is C7H15BN2. The van der Waals surface area contributed by atoms with Crippen LogP contribution in [0.3, 0.4) is 0 Å². The van der Waals surface area contributed by atoms with Gasteiger partial charge in [0.05, 0.1) is 0 Å². The largest absolute Gasteiger partial charge is 0.353 e. The monoisotopic (exact) mass is 138 g/mol. The molecule has 56 valence electrons. The fourth-order valence-corrected chi connectivity index (χ4v) is 1.40. The molecule has 0 aromatic heterocycles. The lowest BCUT2D eigenvalue weighted by Crippen LogP contribution is -2.40. The molecule has 0 unspecified atom stereocenters. The normalized spacial score (nSPS) is 23.9. The third-order valence-electron chi connectivity index (χ3n) is 2.26. The lowest BCUT2D eigenvalue weighted by molar-refractivity contribution is 0.200. The molecular weight excluding hydrogens is 123 g/mol. The second kappa shape index (κ2) is 3.40. The number of piperidine rings is 1. The summed E-state index contributed by atoms with van der Waals surface area (Å²) in [5.74, 6) is 0. The Kier molecular flexibility index (Phi) is 2.75. The van der Waals surface area contributed by atoms with Gasteiger partial charge in [0.1, 0.15) is 0 Å². The molecule has 1 aliphatic rings. The fourth-order valence-electron chi connectivity index (χ4n) is 1.40. The van der Waals surface area contributed by atoms with E-state index in [0.29, 0.717) is 6.04 Å². The molecule has 0 aliphatic carbocycles. The van der Waals surface area contributed by atoms with Gasteiger partial charge in [0.15, 0.2) is 7.98 Å². The molecule has 2 nitrogen and oxygen atoms in total. The van der Waals surface area contributed by atoms with Crippen LogP contribution in [-0.4, -0.2) is 50.9 Å². The SMILES string of the molecule is [B]N(C)C1CCN(C)CC1. The molecule has 0 saturated carbocycles. The average Bonchev–Trinajstić information content (AvgIpc) is 1.88. The third kappa shape index (κ3) is 1.99. The maximum atomic E-state index is 5.63. The van der Waals surface area contributed by atoms with Gasteiger partial charge in [-0.3, -0.25) is 0 Å². The van der Waals surface area contributed by atoms with Crippen LogP contribution in [0, 0.1) is 0 Å². The van der Waals surface area contributed by atoms with E-state index < -0.39 is 0 Å². The molecule has 0 spiro atoms. The van der Waals surface area contributed by atoms with Crippen molar-refractivity contribution < 1.29 is 0 Å². The Morgan fingerprint density at radius 3 is 2.30 bits per heavy atom. The summed E-state index contributed by atoms with van der Waals surface area (Å²) in [7, 11) is 9.74. The van der Waals surface area contributed by atoms with Crippen LogP contribution in [0.15, 0.2) is 0 Å². The van der Waals surface area contributed by atoms with Crippen LogP contribution in [0.1, 0.15) is 12.8 Å². The van der Waals surface area contributed by atoms with Gasteiger partial charge in [-0.2, -0.15) is 0 Å². The zero-order valence-corrected chi connectivity index (χ0v) is 6.88. The number of rotatable bonds is 1. The molecule has 0 aromatic rings. The standard InChI is InChI=1S/C7H15BN2/c1-9-5-3-7(4-6-9)10(2)8/h7H,3-6H2,1-2H3. The quantitative estimate of drug-likeness (QED) is 0.474. The maximum Gasteiger partial charge on any atom is 0.182 e. The molecule has 1 fully saturated rings. The summed E-state index contributed by atoms with van der Waals surface area (Å²) < 4.78 is 0. The van der Waals surface area contributed by atoms with Gasteiger partial charge in [-0.15, -0.1) is 0 Å². The van der Waals surface area contributed by atoms with Crippen LogP contribution < -0.4 is 0 Å². The van der Waals surface area contributed by atoms with Crippen LogP contribution in [0.4, 0.5) is 0 Å². The number of hydrogen-bond donors (Lipinski definition) is 0. The van der Waals surface area contributed by atoms with Crippen LogP contribution in [0.5, 0.6) is 0 Å². The minimum absolute atomic E-state index is 0.608. The van der Waals surface area contributed by atoms with Crippen LogP contribution in [0.25, 0.3) is 0 Å². The Bertz CT molecular complexity index is 97.8. The van der Waals surface area contributed by atoms with E-state index in [1.165, 1.54) is 25.9 Å². The van der Waals surface area contributed by atoms with Gasteiger partial charge in [-0.05, 0) is 40.0 Å². The van der Waals surface area contributed by atoms with Gasteiger partial charge in [0.25, 0.3) is 0 Å². The van der Waals surface area contributed by atoms with Crippen molar-refractivity contribution >= 4 is 7.98 Å². The molecule has 0 atom stereocenters. The number of nitrogens with zero attached hydrogens (tertiary/aromatic N) is 2. The minimum atomic E-state index is 0.608. The lowest BCUT2D eigenvalue weighted by atomic mass is 10.0. The lowest BCUT2D eigenvalue weighted by Gasteiger charge is -2.33. The molecule has 0 aromatic carbocycles. The van der Waals surface area contributed by atoms with Gasteiger partial charge < -0.3 is 9.71 Å². The molecule has 10 heavy (non-hydrogen) atoms. The molecule has 0 N–H and O–H groups in total. The van der Waals surface area contributed by atoms with E-state index in [-0.39, 0.29) is 0 Å². The second-order valence-corrected chi connectivity index (χ2v) is 3.20. The first kappa shape index (κ1) is 8.09. The first-order valence-electron chi connectivity index (χ1n) is 3.86. The van der Waals surface area contributed by atoms with Crippen molar-refractivity contribution in [1.29, 1.82) is 0 Å². The van der Waals surface area contributed by atoms with Crippen molar-refractivity contribution in [2.24, 2.45) is 0 Å². The van der Waals surface area contributed by atoms with Gasteiger partial charge >= 0.3 is 0 Å². The number of likely N-dealkylation sites (tertiary alicyclic amines) is 1. The van der Waals surface area contributed by atoms with Crippen molar-refractivity contribution in [2.45, 2.75) is 18.9 Å².